The van der Waals surface area contributed by atoms with Crippen LogP contribution in [-0.4, -0.2) is 35.5 Å². The van der Waals surface area contributed by atoms with Crippen LogP contribution < -0.4 is 10.6 Å². The minimum Gasteiger partial charge on any atom is -0.466 e. The van der Waals surface area contributed by atoms with Gasteiger partial charge in [-0.05, 0) is 49.6 Å². The van der Waals surface area contributed by atoms with Crippen LogP contribution in [0.2, 0.25) is 0 Å². The summed E-state index contributed by atoms with van der Waals surface area (Å²) in [5, 5.41) is 5.26. The highest BCUT2D eigenvalue weighted by atomic mass is 32.2. The fraction of sp³-hybridized carbons (Fsp3) is 0.235. The molecule has 0 aliphatic carbocycles. The second-order valence-electron chi connectivity index (χ2n) is 5.70. The number of urea groups is 1. The van der Waals surface area contributed by atoms with Gasteiger partial charge in [0.1, 0.15) is 12.3 Å². The van der Waals surface area contributed by atoms with Crippen LogP contribution in [0.25, 0.3) is 0 Å². The summed E-state index contributed by atoms with van der Waals surface area (Å²) < 4.78 is 5.25. The van der Waals surface area contributed by atoms with Crippen LogP contribution in [0.15, 0.2) is 52.0 Å². The molecule has 4 amide bonds. The Morgan fingerprint density at radius 3 is 2.60 bits per heavy atom. The molecule has 1 aromatic heterocycles. The number of furan rings is 1. The maximum Gasteiger partial charge on any atom is 0.325 e. The van der Waals surface area contributed by atoms with Gasteiger partial charge >= 0.3 is 6.03 Å². The molecule has 1 atom stereocenters. The molecule has 3 rings (SSSR count). The Labute approximate surface area is 148 Å². The molecule has 1 aromatic carbocycles. The monoisotopic (exact) mass is 359 g/mol. The van der Waals surface area contributed by atoms with Crippen molar-refractivity contribution in [3.05, 3.63) is 48.4 Å². The first-order valence-corrected chi connectivity index (χ1v) is 8.78. The molecule has 0 spiro atoms. The lowest BCUT2D eigenvalue weighted by atomic mass is 9.99. The van der Waals surface area contributed by atoms with Gasteiger partial charge in [-0.25, -0.2) is 4.79 Å². The van der Waals surface area contributed by atoms with Crippen molar-refractivity contribution in [2.24, 2.45) is 0 Å². The molecule has 130 valence electrons. The molecule has 2 N–H and O–H groups in total. The fourth-order valence-corrected chi connectivity index (χ4v) is 3.00. The van der Waals surface area contributed by atoms with Gasteiger partial charge in [0.25, 0.3) is 5.91 Å². The molecular weight excluding hydrogens is 342 g/mol. The zero-order chi connectivity index (χ0) is 18.0. The van der Waals surface area contributed by atoms with Crippen molar-refractivity contribution in [2.45, 2.75) is 17.4 Å². The van der Waals surface area contributed by atoms with Gasteiger partial charge in [-0.15, -0.1) is 11.8 Å². The summed E-state index contributed by atoms with van der Waals surface area (Å²) in [7, 11) is 0. The molecule has 0 saturated carbocycles. The van der Waals surface area contributed by atoms with E-state index in [1.54, 1.807) is 43.0 Å². The Balaban J connectivity index is 1.68. The summed E-state index contributed by atoms with van der Waals surface area (Å²) in [6, 6.07) is 9.90. The first kappa shape index (κ1) is 17.1. The summed E-state index contributed by atoms with van der Waals surface area (Å²) in [5.74, 6) is -0.661. The van der Waals surface area contributed by atoms with Crippen molar-refractivity contribution in [1.29, 1.82) is 0 Å². The van der Waals surface area contributed by atoms with Gasteiger partial charge in [0, 0.05) is 10.6 Å². The van der Waals surface area contributed by atoms with E-state index >= 15 is 0 Å². The van der Waals surface area contributed by atoms with Gasteiger partial charge in [0.2, 0.25) is 5.91 Å². The van der Waals surface area contributed by atoms with Crippen molar-refractivity contribution >= 4 is 35.3 Å². The number of amides is 4. The predicted molar refractivity (Wildman–Crippen MR) is 93.2 cm³/mol. The Morgan fingerprint density at radius 2 is 2.00 bits per heavy atom. The van der Waals surface area contributed by atoms with E-state index in [4.69, 9.17) is 4.42 Å². The summed E-state index contributed by atoms with van der Waals surface area (Å²) in [6.07, 6.45) is 3.38. The lowest BCUT2D eigenvalue weighted by molar-refractivity contribution is -0.134. The molecule has 1 aliphatic heterocycles. The van der Waals surface area contributed by atoms with E-state index in [0.29, 0.717) is 11.4 Å². The number of anilines is 1. The van der Waals surface area contributed by atoms with Crippen molar-refractivity contribution < 1.29 is 18.8 Å². The molecule has 2 heterocycles. The largest absolute Gasteiger partial charge is 0.466 e. The number of imide groups is 1. The average molecular weight is 359 g/mol. The third kappa shape index (κ3) is 3.25. The van der Waals surface area contributed by atoms with Crippen molar-refractivity contribution in [1.82, 2.24) is 10.2 Å². The molecule has 1 aliphatic rings. The Kier molecular flexibility index (Phi) is 4.54. The quantitative estimate of drug-likeness (QED) is 0.632. The maximum absolute atomic E-state index is 12.6. The standard InChI is InChI=1S/C17H17N3O4S/c1-17(13-4-3-9-24-13)15(22)20(16(23)19-17)10-14(21)18-11-5-7-12(25-2)8-6-11/h3-9H,10H2,1-2H3,(H,18,21)(H,19,23)/t17-/m0/s1. The Morgan fingerprint density at radius 1 is 1.28 bits per heavy atom. The third-order valence-corrected chi connectivity index (χ3v) is 4.71. The highest BCUT2D eigenvalue weighted by molar-refractivity contribution is 7.98. The second kappa shape index (κ2) is 6.64. The third-order valence-electron chi connectivity index (χ3n) is 3.96. The summed E-state index contributed by atoms with van der Waals surface area (Å²) in [4.78, 5) is 38.9. The normalized spacial score (nSPS) is 19.8. The molecule has 0 unspecified atom stereocenters. The van der Waals surface area contributed by atoms with Crippen molar-refractivity contribution in [3.63, 3.8) is 0 Å². The topological polar surface area (TPSA) is 91.7 Å². The average Bonchev–Trinajstić information content (AvgIpc) is 3.20. The van der Waals surface area contributed by atoms with Crippen LogP contribution in [0.5, 0.6) is 0 Å². The number of benzene rings is 1. The molecule has 1 saturated heterocycles. The molecule has 25 heavy (non-hydrogen) atoms. The van der Waals surface area contributed by atoms with E-state index < -0.39 is 23.4 Å². The number of hydrogen-bond donors (Lipinski definition) is 2. The minimum atomic E-state index is -1.30. The van der Waals surface area contributed by atoms with Crippen LogP contribution in [0.4, 0.5) is 10.5 Å². The lowest BCUT2D eigenvalue weighted by Gasteiger charge is -2.18. The number of rotatable bonds is 5. The van der Waals surface area contributed by atoms with E-state index in [2.05, 4.69) is 10.6 Å². The number of carbonyl (C=O) groups excluding carboxylic acids is 3. The van der Waals surface area contributed by atoms with Crippen LogP contribution in [0.1, 0.15) is 12.7 Å². The van der Waals surface area contributed by atoms with Crippen LogP contribution in [-0.2, 0) is 15.1 Å². The highest BCUT2D eigenvalue weighted by Gasteiger charge is 2.51. The first-order chi connectivity index (χ1) is 11.9. The number of nitrogens with zero attached hydrogens (tertiary/aromatic N) is 1. The summed E-state index contributed by atoms with van der Waals surface area (Å²) >= 11 is 1.59. The Hall–Kier alpha value is -2.74. The van der Waals surface area contributed by atoms with Crippen molar-refractivity contribution in [2.75, 3.05) is 18.1 Å². The number of carbonyl (C=O) groups is 3. The molecule has 7 nitrogen and oxygen atoms in total. The van der Waals surface area contributed by atoms with Crippen LogP contribution >= 0.6 is 11.8 Å². The van der Waals surface area contributed by atoms with Crippen LogP contribution in [0, 0.1) is 0 Å². The van der Waals surface area contributed by atoms with Gasteiger partial charge in [-0.2, -0.15) is 0 Å². The fourth-order valence-electron chi connectivity index (χ4n) is 2.59. The van der Waals surface area contributed by atoms with E-state index in [1.807, 2.05) is 18.4 Å². The number of hydrogen-bond acceptors (Lipinski definition) is 5. The zero-order valence-corrected chi connectivity index (χ0v) is 14.6. The lowest BCUT2D eigenvalue weighted by Crippen LogP contribution is -2.41. The second-order valence-corrected chi connectivity index (χ2v) is 6.58. The van der Waals surface area contributed by atoms with Gasteiger partial charge in [0.15, 0.2) is 5.54 Å². The SMILES string of the molecule is CSc1ccc(NC(=O)CN2C(=O)N[C@@](C)(c3ccco3)C2=O)cc1. The first-order valence-electron chi connectivity index (χ1n) is 7.56. The molecular formula is C17H17N3O4S. The molecule has 2 aromatic rings. The van der Waals surface area contributed by atoms with Gasteiger partial charge in [-0.3, -0.25) is 14.5 Å². The van der Waals surface area contributed by atoms with E-state index in [-0.39, 0.29) is 6.54 Å². The van der Waals surface area contributed by atoms with Gasteiger partial charge in [0.05, 0.1) is 6.26 Å². The highest BCUT2D eigenvalue weighted by Crippen LogP contribution is 2.29. The maximum atomic E-state index is 12.6. The zero-order valence-electron chi connectivity index (χ0n) is 13.7. The number of thioether (sulfide) groups is 1. The molecule has 1 fully saturated rings. The minimum absolute atomic E-state index is 0.321. The van der Waals surface area contributed by atoms with Gasteiger partial charge in [-0.1, -0.05) is 0 Å². The van der Waals surface area contributed by atoms with E-state index in [1.165, 1.54) is 6.26 Å². The smallest absolute Gasteiger partial charge is 0.325 e. The van der Waals surface area contributed by atoms with Crippen LogP contribution in [0.3, 0.4) is 0 Å². The Bertz CT molecular complexity index is 804. The van der Waals surface area contributed by atoms with E-state index in [0.717, 1.165) is 9.80 Å². The summed E-state index contributed by atoms with van der Waals surface area (Å²) in [5.41, 5.74) is -0.704. The van der Waals surface area contributed by atoms with E-state index in [9.17, 15) is 14.4 Å². The predicted octanol–water partition coefficient (Wildman–Crippen LogP) is 2.41. The van der Waals surface area contributed by atoms with Gasteiger partial charge < -0.3 is 15.1 Å². The summed E-state index contributed by atoms with van der Waals surface area (Å²) in [6.45, 7) is 1.18. The molecule has 0 bridgehead atoms. The molecule has 0 radical (unpaired) electrons. The molecule has 8 heteroatoms. The number of nitrogens with one attached hydrogen (secondary N) is 2. The van der Waals surface area contributed by atoms with Crippen molar-refractivity contribution in [3.8, 4) is 0 Å².